The second kappa shape index (κ2) is 3.99. The third-order valence-electron chi connectivity index (χ3n) is 2.27. The molecular formula is C12H10N2O. The number of nitriles is 1. The van der Waals surface area contributed by atoms with Gasteiger partial charge in [0.25, 0.3) is 0 Å². The molecule has 0 spiro atoms. The summed E-state index contributed by atoms with van der Waals surface area (Å²) in [5.74, 6) is 0.343. The number of benzene rings is 1. The second-order valence-corrected chi connectivity index (χ2v) is 3.18. The van der Waals surface area contributed by atoms with E-state index in [9.17, 15) is 0 Å². The minimum absolute atomic E-state index is 0.343. The predicted molar refractivity (Wildman–Crippen MR) is 56.8 cm³/mol. The lowest BCUT2D eigenvalue weighted by Crippen LogP contribution is -1.95. The lowest BCUT2D eigenvalue weighted by Gasteiger charge is -2.00. The highest BCUT2D eigenvalue weighted by atomic mass is 16.3. The van der Waals surface area contributed by atoms with E-state index in [1.807, 2.05) is 30.3 Å². The smallest absolute Gasteiger partial charge is 0.211 e. The van der Waals surface area contributed by atoms with Gasteiger partial charge in [-0.3, -0.25) is 0 Å². The fraction of sp³-hybridized carbons (Fsp3) is 0.0833. The summed E-state index contributed by atoms with van der Waals surface area (Å²) in [6.45, 7) is 0.525. The van der Waals surface area contributed by atoms with Gasteiger partial charge in [-0.15, -0.1) is 0 Å². The summed E-state index contributed by atoms with van der Waals surface area (Å²) in [6.07, 6.45) is 1.52. The van der Waals surface area contributed by atoms with Crippen LogP contribution in [0.5, 0.6) is 0 Å². The molecule has 1 heterocycles. The van der Waals surface area contributed by atoms with Gasteiger partial charge in [0.2, 0.25) is 5.76 Å². The normalized spacial score (nSPS) is 9.87. The van der Waals surface area contributed by atoms with Crippen molar-refractivity contribution in [2.75, 3.05) is 0 Å². The van der Waals surface area contributed by atoms with Crippen molar-refractivity contribution in [2.24, 2.45) is 5.73 Å². The minimum atomic E-state index is 0.343. The summed E-state index contributed by atoms with van der Waals surface area (Å²) in [5.41, 5.74) is 8.36. The summed E-state index contributed by atoms with van der Waals surface area (Å²) < 4.78 is 5.04. The molecule has 1 aromatic heterocycles. The molecule has 74 valence electrons. The summed E-state index contributed by atoms with van der Waals surface area (Å²) in [4.78, 5) is 0. The topological polar surface area (TPSA) is 63.0 Å². The number of furan rings is 1. The van der Waals surface area contributed by atoms with Crippen LogP contribution in [0.2, 0.25) is 0 Å². The van der Waals surface area contributed by atoms with Gasteiger partial charge in [-0.25, -0.2) is 0 Å². The van der Waals surface area contributed by atoms with Crippen molar-refractivity contribution in [1.82, 2.24) is 0 Å². The Kier molecular flexibility index (Phi) is 2.53. The maximum Gasteiger partial charge on any atom is 0.211 e. The molecule has 0 unspecified atom stereocenters. The first-order chi connectivity index (χ1) is 7.35. The number of nitrogens with two attached hydrogens (primary N) is 1. The van der Waals surface area contributed by atoms with Gasteiger partial charge >= 0.3 is 0 Å². The molecule has 3 heteroatoms. The van der Waals surface area contributed by atoms with E-state index >= 15 is 0 Å². The highest BCUT2D eigenvalue weighted by molar-refractivity contribution is 5.68. The van der Waals surface area contributed by atoms with E-state index in [4.69, 9.17) is 15.4 Å². The Morgan fingerprint density at radius 2 is 1.93 bits per heavy atom. The van der Waals surface area contributed by atoms with Crippen molar-refractivity contribution in [2.45, 2.75) is 6.54 Å². The van der Waals surface area contributed by atoms with Gasteiger partial charge in [-0.05, 0) is 17.2 Å². The quantitative estimate of drug-likeness (QED) is 0.805. The first kappa shape index (κ1) is 9.50. The van der Waals surface area contributed by atoms with Crippen LogP contribution in [-0.4, -0.2) is 0 Å². The summed E-state index contributed by atoms with van der Waals surface area (Å²) >= 11 is 0. The first-order valence-corrected chi connectivity index (χ1v) is 4.62. The Hall–Kier alpha value is -2.05. The van der Waals surface area contributed by atoms with Crippen LogP contribution >= 0.6 is 0 Å². The van der Waals surface area contributed by atoms with Crippen molar-refractivity contribution >= 4 is 0 Å². The van der Waals surface area contributed by atoms with Crippen LogP contribution < -0.4 is 5.73 Å². The van der Waals surface area contributed by atoms with Gasteiger partial charge in [0.1, 0.15) is 6.07 Å². The van der Waals surface area contributed by atoms with E-state index in [1.54, 1.807) is 6.07 Å². The lowest BCUT2D eigenvalue weighted by molar-refractivity contribution is 0.553. The zero-order valence-corrected chi connectivity index (χ0v) is 8.10. The zero-order valence-electron chi connectivity index (χ0n) is 8.10. The van der Waals surface area contributed by atoms with Crippen LogP contribution in [0.1, 0.15) is 11.3 Å². The van der Waals surface area contributed by atoms with E-state index in [0.717, 1.165) is 16.7 Å². The second-order valence-electron chi connectivity index (χ2n) is 3.18. The molecule has 0 aliphatic heterocycles. The van der Waals surface area contributed by atoms with Gasteiger partial charge in [-0.2, -0.15) is 5.26 Å². The van der Waals surface area contributed by atoms with Gasteiger partial charge in [0.05, 0.1) is 6.26 Å². The van der Waals surface area contributed by atoms with Crippen molar-refractivity contribution in [3.05, 3.63) is 47.9 Å². The van der Waals surface area contributed by atoms with E-state index in [0.29, 0.717) is 12.3 Å². The number of hydrogen-bond donors (Lipinski definition) is 1. The Morgan fingerprint density at radius 1 is 1.20 bits per heavy atom. The molecule has 0 bridgehead atoms. The highest BCUT2D eigenvalue weighted by Crippen LogP contribution is 2.24. The Balaban J connectivity index is 2.42. The maximum absolute atomic E-state index is 8.81. The van der Waals surface area contributed by atoms with E-state index in [1.165, 1.54) is 6.26 Å². The number of hydrogen-bond acceptors (Lipinski definition) is 3. The average Bonchev–Trinajstić information content (AvgIpc) is 2.77. The largest absolute Gasteiger partial charge is 0.453 e. The third kappa shape index (κ3) is 1.76. The van der Waals surface area contributed by atoms with Crippen LogP contribution in [0.25, 0.3) is 11.1 Å². The Morgan fingerprint density at radius 3 is 2.53 bits per heavy atom. The summed E-state index contributed by atoms with van der Waals surface area (Å²) in [6, 6.07) is 11.6. The molecule has 2 aromatic rings. The first-order valence-electron chi connectivity index (χ1n) is 4.62. The van der Waals surface area contributed by atoms with Crippen LogP contribution in [0, 0.1) is 11.3 Å². The minimum Gasteiger partial charge on any atom is -0.453 e. The summed E-state index contributed by atoms with van der Waals surface area (Å²) in [7, 11) is 0. The standard InChI is InChI=1S/C12H10N2O/c13-7-9-1-3-10(4-2-9)11-5-6-15-12(11)8-14/h1-6H,7,13H2. The average molecular weight is 198 g/mol. The fourth-order valence-electron chi connectivity index (χ4n) is 1.44. The van der Waals surface area contributed by atoms with E-state index in [2.05, 4.69) is 0 Å². The molecule has 2 N–H and O–H groups in total. The molecule has 3 nitrogen and oxygen atoms in total. The molecule has 2 rings (SSSR count). The Labute approximate surface area is 87.7 Å². The molecular weight excluding hydrogens is 188 g/mol. The van der Waals surface area contributed by atoms with Gasteiger partial charge in [0, 0.05) is 12.1 Å². The molecule has 0 radical (unpaired) electrons. The Bertz CT molecular complexity index is 491. The van der Waals surface area contributed by atoms with Crippen LogP contribution in [0.15, 0.2) is 41.0 Å². The monoisotopic (exact) mass is 198 g/mol. The van der Waals surface area contributed by atoms with Crippen LogP contribution in [0.4, 0.5) is 0 Å². The zero-order chi connectivity index (χ0) is 10.7. The van der Waals surface area contributed by atoms with Crippen LogP contribution in [-0.2, 0) is 6.54 Å². The van der Waals surface area contributed by atoms with Gasteiger partial charge in [-0.1, -0.05) is 24.3 Å². The molecule has 15 heavy (non-hydrogen) atoms. The SMILES string of the molecule is N#Cc1occc1-c1ccc(CN)cc1. The van der Waals surface area contributed by atoms with Gasteiger partial charge in [0.15, 0.2) is 0 Å². The van der Waals surface area contributed by atoms with Crippen molar-refractivity contribution < 1.29 is 4.42 Å². The molecule has 0 amide bonds. The number of nitrogens with zero attached hydrogens (tertiary/aromatic N) is 1. The molecule has 0 fully saturated rings. The van der Waals surface area contributed by atoms with Gasteiger partial charge < -0.3 is 10.2 Å². The fourth-order valence-corrected chi connectivity index (χ4v) is 1.44. The highest BCUT2D eigenvalue weighted by Gasteiger charge is 2.07. The van der Waals surface area contributed by atoms with Crippen molar-refractivity contribution in [3.63, 3.8) is 0 Å². The predicted octanol–water partition coefficient (Wildman–Crippen LogP) is 2.28. The molecule has 0 aliphatic rings. The van der Waals surface area contributed by atoms with Crippen LogP contribution in [0.3, 0.4) is 0 Å². The molecule has 0 saturated carbocycles. The third-order valence-corrected chi connectivity index (χ3v) is 2.27. The van der Waals surface area contributed by atoms with Crippen molar-refractivity contribution in [3.8, 4) is 17.2 Å². The lowest BCUT2D eigenvalue weighted by atomic mass is 10.0. The van der Waals surface area contributed by atoms with E-state index < -0.39 is 0 Å². The number of rotatable bonds is 2. The molecule has 0 saturated heterocycles. The molecule has 1 aromatic carbocycles. The maximum atomic E-state index is 8.81. The molecule has 0 aliphatic carbocycles. The van der Waals surface area contributed by atoms with Crippen molar-refractivity contribution in [1.29, 1.82) is 5.26 Å². The van der Waals surface area contributed by atoms with E-state index in [-0.39, 0.29) is 0 Å². The summed E-state index contributed by atoms with van der Waals surface area (Å²) in [5, 5.41) is 8.81. The molecule has 0 atom stereocenters.